The van der Waals surface area contributed by atoms with Gasteiger partial charge in [-0.2, -0.15) is 0 Å². The van der Waals surface area contributed by atoms with E-state index in [1.807, 2.05) is 24.3 Å². The topological polar surface area (TPSA) is 76.7 Å². The number of nitrogens with one attached hydrogen (secondary N) is 2. The fourth-order valence-electron chi connectivity index (χ4n) is 2.50. The second kappa shape index (κ2) is 6.45. The van der Waals surface area contributed by atoms with E-state index in [0.717, 1.165) is 11.3 Å². The molecular weight excluding hydrogens is 308 g/mol. The van der Waals surface area contributed by atoms with Gasteiger partial charge in [-0.15, -0.1) is 0 Å². The van der Waals surface area contributed by atoms with Crippen molar-refractivity contribution < 1.29 is 19.1 Å². The standard InChI is InChI=1S/C18H16N2O4/c1-23-16-9-11(7-8-13(16)18(22)24-2)19-10-14-12-5-3-4-6-15(12)20-17(14)21/h3-10,19H,1-2H3,(H,20,21)/b14-10-. The van der Waals surface area contributed by atoms with E-state index in [1.54, 1.807) is 24.4 Å². The third kappa shape index (κ3) is 2.81. The molecule has 0 unspecified atom stereocenters. The normalized spacial score (nSPS) is 14.1. The van der Waals surface area contributed by atoms with Crippen molar-refractivity contribution in [3.8, 4) is 5.75 Å². The fourth-order valence-corrected chi connectivity index (χ4v) is 2.50. The Morgan fingerprint density at radius 3 is 2.71 bits per heavy atom. The van der Waals surface area contributed by atoms with Gasteiger partial charge in [0.05, 0.1) is 19.8 Å². The summed E-state index contributed by atoms with van der Waals surface area (Å²) >= 11 is 0. The lowest BCUT2D eigenvalue weighted by Crippen LogP contribution is -2.06. The third-order valence-corrected chi connectivity index (χ3v) is 3.70. The summed E-state index contributed by atoms with van der Waals surface area (Å²) in [6.07, 6.45) is 1.63. The molecule has 122 valence electrons. The Morgan fingerprint density at radius 1 is 1.17 bits per heavy atom. The maximum absolute atomic E-state index is 12.1. The van der Waals surface area contributed by atoms with Crippen LogP contribution in [0, 0.1) is 0 Å². The van der Waals surface area contributed by atoms with Crippen LogP contribution < -0.4 is 15.4 Å². The van der Waals surface area contributed by atoms with Crippen LogP contribution in [0.5, 0.6) is 5.75 Å². The number of hydrogen-bond donors (Lipinski definition) is 2. The summed E-state index contributed by atoms with van der Waals surface area (Å²) in [5, 5.41) is 5.87. The van der Waals surface area contributed by atoms with Gasteiger partial charge in [0.1, 0.15) is 11.3 Å². The quantitative estimate of drug-likeness (QED) is 0.668. The summed E-state index contributed by atoms with van der Waals surface area (Å²) in [5.74, 6) is -0.246. The van der Waals surface area contributed by atoms with E-state index in [-0.39, 0.29) is 5.91 Å². The molecule has 2 N–H and O–H groups in total. The minimum Gasteiger partial charge on any atom is -0.496 e. The number of carbonyl (C=O) groups is 2. The Labute approximate surface area is 139 Å². The average molecular weight is 324 g/mol. The van der Waals surface area contributed by atoms with Crippen molar-refractivity contribution in [2.45, 2.75) is 0 Å². The molecule has 1 aliphatic rings. The molecule has 1 aliphatic heterocycles. The highest BCUT2D eigenvalue weighted by Crippen LogP contribution is 2.31. The molecule has 0 radical (unpaired) electrons. The van der Waals surface area contributed by atoms with Crippen LogP contribution >= 0.6 is 0 Å². The van der Waals surface area contributed by atoms with E-state index < -0.39 is 5.97 Å². The first-order chi connectivity index (χ1) is 11.6. The molecule has 1 heterocycles. The monoisotopic (exact) mass is 324 g/mol. The number of amides is 1. The molecule has 0 aromatic heterocycles. The van der Waals surface area contributed by atoms with Crippen molar-refractivity contribution in [3.05, 3.63) is 59.8 Å². The molecule has 0 saturated heterocycles. The molecule has 0 aliphatic carbocycles. The van der Waals surface area contributed by atoms with E-state index in [4.69, 9.17) is 9.47 Å². The van der Waals surface area contributed by atoms with Crippen molar-refractivity contribution in [1.29, 1.82) is 0 Å². The number of ether oxygens (including phenoxy) is 2. The lowest BCUT2D eigenvalue weighted by Gasteiger charge is -2.09. The molecule has 24 heavy (non-hydrogen) atoms. The molecule has 0 saturated carbocycles. The third-order valence-electron chi connectivity index (χ3n) is 3.70. The highest BCUT2D eigenvalue weighted by Gasteiger charge is 2.23. The number of fused-ring (bicyclic) bond motifs is 1. The van der Waals surface area contributed by atoms with Gasteiger partial charge in [-0.05, 0) is 18.2 Å². The Hall–Kier alpha value is -3.28. The average Bonchev–Trinajstić information content (AvgIpc) is 2.94. The zero-order chi connectivity index (χ0) is 17.1. The van der Waals surface area contributed by atoms with Crippen molar-refractivity contribution in [2.24, 2.45) is 0 Å². The van der Waals surface area contributed by atoms with Crippen LogP contribution in [0.3, 0.4) is 0 Å². The number of methoxy groups -OCH3 is 2. The number of rotatable bonds is 4. The van der Waals surface area contributed by atoms with Gasteiger partial charge in [0, 0.05) is 29.2 Å². The van der Waals surface area contributed by atoms with Crippen LogP contribution in [0.1, 0.15) is 15.9 Å². The number of esters is 1. The van der Waals surface area contributed by atoms with E-state index >= 15 is 0 Å². The summed E-state index contributed by atoms with van der Waals surface area (Å²) in [6, 6.07) is 12.5. The van der Waals surface area contributed by atoms with Crippen molar-refractivity contribution in [3.63, 3.8) is 0 Å². The molecule has 0 fully saturated rings. The molecule has 0 bridgehead atoms. The zero-order valence-electron chi connectivity index (χ0n) is 13.3. The number of benzene rings is 2. The predicted molar refractivity (Wildman–Crippen MR) is 91.0 cm³/mol. The minimum atomic E-state index is -0.471. The lowest BCUT2D eigenvalue weighted by atomic mass is 10.1. The van der Waals surface area contributed by atoms with Gasteiger partial charge < -0.3 is 20.1 Å². The van der Waals surface area contributed by atoms with Crippen LogP contribution in [0.15, 0.2) is 48.7 Å². The highest BCUT2D eigenvalue weighted by atomic mass is 16.5. The van der Waals surface area contributed by atoms with Gasteiger partial charge in [-0.25, -0.2) is 4.79 Å². The van der Waals surface area contributed by atoms with Crippen LogP contribution in [0.2, 0.25) is 0 Å². The summed E-state index contributed by atoms with van der Waals surface area (Å²) in [7, 11) is 2.79. The molecule has 2 aromatic carbocycles. The zero-order valence-corrected chi connectivity index (χ0v) is 13.3. The maximum Gasteiger partial charge on any atom is 0.341 e. The summed E-state index contributed by atoms with van der Waals surface area (Å²) < 4.78 is 9.93. The maximum atomic E-state index is 12.1. The van der Waals surface area contributed by atoms with Crippen LogP contribution in [0.25, 0.3) is 5.57 Å². The molecule has 1 amide bonds. The Kier molecular flexibility index (Phi) is 4.20. The van der Waals surface area contributed by atoms with Gasteiger partial charge in [0.15, 0.2) is 0 Å². The molecule has 6 heteroatoms. The summed E-state index contributed by atoms with van der Waals surface area (Å²) in [4.78, 5) is 23.7. The number of anilines is 2. The van der Waals surface area contributed by atoms with Gasteiger partial charge in [-0.1, -0.05) is 18.2 Å². The Morgan fingerprint density at radius 2 is 1.96 bits per heavy atom. The van der Waals surface area contributed by atoms with Gasteiger partial charge >= 0.3 is 5.97 Å². The SMILES string of the molecule is COC(=O)c1ccc(N/C=C2\C(=O)Nc3ccccc32)cc1OC. The summed E-state index contributed by atoms with van der Waals surface area (Å²) in [5.41, 5.74) is 3.19. The Balaban J connectivity index is 1.87. The van der Waals surface area contributed by atoms with Gasteiger partial charge in [0.2, 0.25) is 0 Å². The van der Waals surface area contributed by atoms with Gasteiger partial charge in [-0.3, -0.25) is 4.79 Å². The molecule has 3 rings (SSSR count). The second-order valence-corrected chi connectivity index (χ2v) is 5.11. The van der Waals surface area contributed by atoms with Crippen LogP contribution in [0.4, 0.5) is 11.4 Å². The smallest absolute Gasteiger partial charge is 0.341 e. The predicted octanol–water partition coefficient (Wildman–Crippen LogP) is 2.89. The van der Waals surface area contributed by atoms with Crippen LogP contribution in [-0.2, 0) is 9.53 Å². The highest BCUT2D eigenvalue weighted by molar-refractivity contribution is 6.31. The summed E-state index contributed by atoms with van der Waals surface area (Å²) in [6.45, 7) is 0. The van der Waals surface area contributed by atoms with Crippen molar-refractivity contribution in [2.75, 3.05) is 24.9 Å². The van der Waals surface area contributed by atoms with Gasteiger partial charge in [0.25, 0.3) is 5.91 Å². The lowest BCUT2D eigenvalue weighted by molar-refractivity contribution is -0.110. The van der Waals surface area contributed by atoms with Crippen LogP contribution in [-0.4, -0.2) is 26.1 Å². The second-order valence-electron chi connectivity index (χ2n) is 5.11. The molecular formula is C18H16N2O4. The largest absolute Gasteiger partial charge is 0.496 e. The molecule has 0 spiro atoms. The molecule has 6 nitrogen and oxygen atoms in total. The first-order valence-corrected chi connectivity index (χ1v) is 7.28. The minimum absolute atomic E-state index is 0.165. The van der Waals surface area contributed by atoms with Crippen molar-refractivity contribution in [1.82, 2.24) is 0 Å². The number of hydrogen-bond acceptors (Lipinski definition) is 5. The molecule has 0 atom stereocenters. The van der Waals surface area contributed by atoms with E-state index in [0.29, 0.717) is 22.6 Å². The van der Waals surface area contributed by atoms with E-state index in [2.05, 4.69) is 10.6 Å². The molecule has 2 aromatic rings. The number of para-hydroxylation sites is 1. The van der Waals surface area contributed by atoms with Crippen molar-refractivity contribution >= 4 is 28.8 Å². The first-order valence-electron chi connectivity index (χ1n) is 7.28. The van der Waals surface area contributed by atoms with E-state index in [1.165, 1.54) is 14.2 Å². The Bertz CT molecular complexity index is 843. The van der Waals surface area contributed by atoms with E-state index in [9.17, 15) is 9.59 Å². The first kappa shape index (κ1) is 15.6. The number of carbonyl (C=O) groups excluding carboxylic acids is 2. The fraction of sp³-hybridized carbons (Fsp3) is 0.111.